The number of nitrogens with two attached hydrogens (primary N) is 1. The van der Waals surface area contributed by atoms with Gasteiger partial charge in [0.05, 0.1) is 6.20 Å². The van der Waals surface area contributed by atoms with Crippen LogP contribution in [0.1, 0.15) is 50.9 Å². The lowest BCUT2D eigenvalue weighted by molar-refractivity contribution is 0.0641. The molecular formula is C14H26N4O. The van der Waals surface area contributed by atoms with Crippen LogP contribution in [0.3, 0.4) is 0 Å². The van der Waals surface area contributed by atoms with Crippen molar-refractivity contribution in [1.29, 1.82) is 0 Å². The van der Waals surface area contributed by atoms with Crippen LogP contribution in [-0.2, 0) is 7.05 Å². The second-order valence-electron chi connectivity index (χ2n) is 5.39. The fraction of sp³-hybridized carbons (Fsp3) is 0.714. The summed E-state index contributed by atoms with van der Waals surface area (Å²) >= 11 is 0. The first-order chi connectivity index (χ1) is 8.92. The van der Waals surface area contributed by atoms with Gasteiger partial charge >= 0.3 is 0 Å². The Morgan fingerprint density at radius 3 is 2.37 bits per heavy atom. The normalized spacial score (nSPS) is 11.3. The molecule has 0 spiro atoms. The Hall–Kier alpha value is -1.52. The van der Waals surface area contributed by atoms with Gasteiger partial charge in [-0.1, -0.05) is 27.7 Å². The third-order valence-corrected chi connectivity index (χ3v) is 3.42. The summed E-state index contributed by atoms with van der Waals surface area (Å²) in [4.78, 5) is 14.6. The van der Waals surface area contributed by atoms with Crippen LogP contribution >= 0.6 is 0 Å². The van der Waals surface area contributed by atoms with Crippen molar-refractivity contribution >= 4 is 11.7 Å². The lowest BCUT2D eigenvalue weighted by atomic mass is 10.1. The fourth-order valence-corrected chi connectivity index (χ4v) is 2.29. The second kappa shape index (κ2) is 6.59. The summed E-state index contributed by atoms with van der Waals surface area (Å²) in [6.07, 6.45) is 3.47. The van der Waals surface area contributed by atoms with Gasteiger partial charge in [-0.15, -0.1) is 0 Å². The smallest absolute Gasteiger partial charge is 0.259 e. The van der Waals surface area contributed by atoms with Crippen LogP contribution < -0.4 is 5.73 Å². The summed E-state index contributed by atoms with van der Waals surface area (Å²) in [5.41, 5.74) is 6.42. The maximum atomic E-state index is 12.7. The summed E-state index contributed by atoms with van der Waals surface area (Å²) in [5.74, 6) is 0.861. The van der Waals surface area contributed by atoms with E-state index in [9.17, 15) is 4.79 Å². The molecule has 2 N–H and O–H groups in total. The Morgan fingerprint density at radius 1 is 1.42 bits per heavy atom. The van der Waals surface area contributed by atoms with E-state index in [4.69, 9.17) is 5.73 Å². The van der Waals surface area contributed by atoms with Crippen molar-refractivity contribution in [1.82, 2.24) is 14.7 Å². The average molecular weight is 266 g/mol. The van der Waals surface area contributed by atoms with Crippen LogP contribution in [0.2, 0.25) is 0 Å². The van der Waals surface area contributed by atoms with Gasteiger partial charge in [0.2, 0.25) is 0 Å². The Kier molecular flexibility index (Phi) is 5.39. The van der Waals surface area contributed by atoms with E-state index in [1.807, 2.05) is 4.90 Å². The molecule has 0 saturated carbocycles. The minimum absolute atomic E-state index is 0.00648. The quantitative estimate of drug-likeness (QED) is 0.859. The van der Waals surface area contributed by atoms with E-state index in [2.05, 4.69) is 32.8 Å². The van der Waals surface area contributed by atoms with Crippen LogP contribution in [0.5, 0.6) is 0 Å². The molecule has 0 unspecified atom stereocenters. The van der Waals surface area contributed by atoms with E-state index in [1.165, 1.54) is 4.68 Å². The van der Waals surface area contributed by atoms with Crippen molar-refractivity contribution in [2.24, 2.45) is 13.0 Å². The lowest BCUT2D eigenvalue weighted by Crippen LogP contribution is -2.42. The standard InChI is InChI=1S/C14H26N4O/c1-6-11(7-2)18(9-10(3)4)14(19)12-8-16-17(5)13(12)15/h8,10-11H,6-7,9,15H2,1-5H3. The van der Waals surface area contributed by atoms with Crippen LogP contribution in [0.15, 0.2) is 6.20 Å². The van der Waals surface area contributed by atoms with E-state index < -0.39 is 0 Å². The Balaban J connectivity index is 3.03. The molecule has 19 heavy (non-hydrogen) atoms. The topological polar surface area (TPSA) is 64.2 Å². The monoisotopic (exact) mass is 266 g/mol. The number of carbonyl (C=O) groups is 1. The van der Waals surface area contributed by atoms with E-state index in [-0.39, 0.29) is 11.9 Å². The molecule has 1 aromatic rings. The molecule has 108 valence electrons. The minimum Gasteiger partial charge on any atom is -0.383 e. The van der Waals surface area contributed by atoms with E-state index in [0.717, 1.165) is 19.4 Å². The molecule has 1 rings (SSSR count). The van der Waals surface area contributed by atoms with Gasteiger partial charge < -0.3 is 10.6 Å². The molecule has 1 aromatic heterocycles. The van der Waals surface area contributed by atoms with Crippen LogP contribution in [0.25, 0.3) is 0 Å². The number of rotatable bonds is 6. The molecule has 5 nitrogen and oxygen atoms in total. The molecule has 0 radical (unpaired) electrons. The van der Waals surface area contributed by atoms with Gasteiger partial charge in [-0.05, 0) is 18.8 Å². The van der Waals surface area contributed by atoms with Crippen LogP contribution in [0.4, 0.5) is 5.82 Å². The number of nitrogens with zero attached hydrogens (tertiary/aromatic N) is 3. The first-order valence-electron chi connectivity index (χ1n) is 7.00. The second-order valence-corrected chi connectivity index (χ2v) is 5.39. The summed E-state index contributed by atoms with van der Waals surface area (Å²) in [6.45, 7) is 9.22. The molecule has 5 heteroatoms. The third-order valence-electron chi connectivity index (χ3n) is 3.42. The number of aromatic nitrogens is 2. The largest absolute Gasteiger partial charge is 0.383 e. The molecule has 0 aliphatic carbocycles. The molecule has 1 heterocycles. The van der Waals surface area contributed by atoms with Gasteiger partial charge in [-0.2, -0.15) is 5.10 Å². The highest BCUT2D eigenvalue weighted by Crippen LogP contribution is 2.19. The third kappa shape index (κ3) is 3.49. The van der Waals surface area contributed by atoms with Gasteiger partial charge in [-0.3, -0.25) is 9.48 Å². The van der Waals surface area contributed by atoms with E-state index in [1.54, 1.807) is 13.2 Å². The first kappa shape index (κ1) is 15.5. The van der Waals surface area contributed by atoms with Gasteiger partial charge in [0.15, 0.2) is 0 Å². The molecular weight excluding hydrogens is 240 g/mol. The molecule has 0 saturated heterocycles. The van der Waals surface area contributed by atoms with Gasteiger partial charge in [0.1, 0.15) is 11.4 Å². The number of hydrogen-bond acceptors (Lipinski definition) is 3. The molecule has 0 fully saturated rings. The molecule has 0 aliphatic heterocycles. The molecule has 0 bridgehead atoms. The maximum absolute atomic E-state index is 12.7. The van der Waals surface area contributed by atoms with Gasteiger partial charge in [0.25, 0.3) is 5.91 Å². The Labute approximate surface area is 115 Å². The summed E-state index contributed by atoms with van der Waals surface area (Å²) in [7, 11) is 1.75. The highest BCUT2D eigenvalue weighted by atomic mass is 16.2. The highest BCUT2D eigenvalue weighted by Gasteiger charge is 2.26. The maximum Gasteiger partial charge on any atom is 0.259 e. The highest BCUT2D eigenvalue weighted by molar-refractivity contribution is 5.98. The number of anilines is 1. The van der Waals surface area contributed by atoms with Crippen molar-refractivity contribution in [3.63, 3.8) is 0 Å². The number of nitrogen functional groups attached to an aromatic ring is 1. The predicted octanol–water partition coefficient (Wildman–Crippen LogP) is 2.29. The zero-order chi connectivity index (χ0) is 14.6. The van der Waals surface area contributed by atoms with Crippen LogP contribution in [0, 0.1) is 5.92 Å². The predicted molar refractivity (Wildman–Crippen MR) is 77.9 cm³/mol. The Morgan fingerprint density at radius 2 is 2.00 bits per heavy atom. The van der Waals surface area contributed by atoms with Crippen molar-refractivity contribution in [2.75, 3.05) is 12.3 Å². The molecule has 0 aliphatic rings. The summed E-state index contributed by atoms with van der Waals surface area (Å²) in [6, 6.07) is 0.259. The number of hydrogen-bond donors (Lipinski definition) is 1. The molecule has 0 aromatic carbocycles. The van der Waals surface area contributed by atoms with Crippen molar-refractivity contribution in [3.05, 3.63) is 11.8 Å². The number of aryl methyl sites for hydroxylation is 1. The van der Waals surface area contributed by atoms with E-state index in [0.29, 0.717) is 17.3 Å². The first-order valence-corrected chi connectivity index (χ1v) is 7.00. The zero-order valence-corrected chi connectivity index (χ0v) is 12.7. The van der Waals surface area contributed by atoms with Crippen molar-refractivity contribution in [2.45, 2.75) is 46.6 Å². The molecule has 1 amide bonds. The number of amides is 1. The summed E-state index contributed by atoms with van der Waals surface area (Å²) in [5, 5.41) is 4.05. The van der Waals surface area contributed by atoms with Gasteiger partial charge in [0, 0.05) is 19.6 Å². The molecule has 0 atom stereocenters. The summed E-state index contributed by atoms with van der Waals surface area (Å²) < 4.78 is 1.54. The van der Waals surface area contributed by atoms with Crippen molar-refractivity contribution < 1.29 is 4.79 Å². The average Bonchev–Trinajstić information content (AvgIpc) is 2.69. The minimum atomic E-state index is -0.00648. The lowest BCUT2D eigenvalue weighted by Gasteiger charge is -2.32. The fourth-order valence-electron chi connectivity index (χ4n) is 2.29. The SMILES string of the molecule is CCC(CC)N(CC(C)C)C(=O)c1cnn(C)c1N. The van der Waals surface area contributed by atoms with E-state index >= 15 is 0 Å². The zero-order valence-electron chi connectivity index (χ0n) is 12.7. The van der Waals surface area contributed by atoms with Crippen molar-refractivity contribution in [3.8, 4) is 0 Å². The number of carbonyl (C=O) groups excluding carboxylic acids is 1. The Bertz CT molecular complexity index is 421. The van der Waals surface area contributed by atoms with Gasteiger partial charge in [-0.25, -0.2) is 0 Å². The van der Waals surface area contributed by atoms with Crippen LogP contribution in [-0.4, -0.2) is 33.2 Å².